The lowest BCUT2D eigenvalue weighted by atomic mass is 9.89. The normalized spacial score (nSPS) is 23.6. The van der Waals surface area contributed by atoms with Gasteiger partial charge in [0, 0.05) is 35.4 Å². The number of aromatic nitrogens is 1. The molecule has 2 aromatic rings. The molecule has 0 radical (unpaired) electrons. The molecule has 2 saturated heterocycles. The topological polar surface area (TPSA) is 117 Å². The first-order valence-electron chi connectivity index (χ1n) is 14.2. The van der Waals surface area contributed by atoms with Crippen molar-refractivity contribution in [2.75, 3.05) is 32.8 Å². The van der Waals surface area contributed by atoms with Crippen LogP contribution in [0.4, 0.5) is 22.0 Å². The van der Waals surface area contributed by atoms with Crippen molar-refractivity contribution in [1.82, 2.24) is 20.3 Å². The quantitative estimate of drug-likeness (QED) is 0.220. The molecule has 16 heteroatoms. The average Bonchev–Trinajstić information content (AvgIpc) is 3.67. The molecule has 0 saturated carbocycles. The molecule has 45 heavy (non-hydrogen) atoms. The summed E-state index contributed by atoms with van der Waals surface area (Å²) in [5, 5.41) is 15.6. The van der Waals surface area contributed by atoms with Crippen LogP contribution in [0.15, 0.2) is 33.8 Å². The molecule has 1 aromatic heterocycles. The molecule has 3 aliphatic heterocycles. The number of nitrogens with zero attached hydrogens (tertiary/aromatic N) is 4. The van der Waals surface area contributed by atoms with E-state index in [0.29, 0.717) is 16.8 Å². The molecule has 3 aliphatic rings. The molecule has 2 N–H and O–H groups in total. The van der Waals surface area contributed by atoms with Gasteiger partial charge < -0.3 is 15.2 Å². The van der Waals surface area contributed by atoms with Crippen molar-refractivity contribution >= 4 is 29.1 Å². The number of aryl methyl sites for hydroxylation is 1. The second-order valence-corrected chi connectivity index (χ2v) is 12.6. The average molecular weight is 658 g/mol. The lowest BCUT2D eigenvalue weighted by Crippen LogP contribution is -2.46. The van der Waals surface area contributed by atoms with Crippen LogP contribution in [0.5, 0.6) is 0 Å². The van der Waals surface area contributed by atoms with E-state index in [1.54, 1.807) is 12.3 Å². The summed E-state index contributed by atoms with van der Waals surface area (Å²) in [5.41, 5.74) is -1.21. The van der Waals surface area contributed by atoms with Gasteiger partial charge in [-0.3, -0.25) is 19.5 Å². The molecule has 244 valence electrons. The molecule has 0 bridgehead atoms. The maximum absolute atomic E-state index is 15.6. The van der Waals surface area contributed by atoms with E-state index >= 15 is 13.2 Å². The van der Waals surface area contributed by atoms with E-state index < -0.39 is 71.0 Å². The van der Waals surface area contributed by atoms with Crippen molar-refractivity contribution in [3.05, 3.63) is 62.5 Å². The molecule has 1 aromatic carbocycles. The van der Waals surface area contributed by atoms with Gasteiger partial charge >= 0.3 is 11.9 Å². The Kier molecular flexibility index (Phi) is 9.05. The number of aliphatic carboxylic acids is 1. The molecule has 3 atom stereocenters. The zero-order valence-electron chi connectivity index (χ0n) is 24.9. The molecular weight excluding hydrogens is 625 g/mol. The van der Waals surface area contributed by atoms with Gasteiger partial charge in [0.2, 0.25) is 0 Å². The van der Waals surface area contributed by atoms with Crippen LogP contribution in [0, 0.1) is 29.8 Å². The lowest BCUT2D eigenvalue weighted by Gasteiger charge is -2.30. The van der Waals surface area contributed by atoms with Crippen LogP contribution in [0.3, 0.4) is 0 Å². The van der Waals surface area contributed by atoms with Crippen LogP contribution in [0.1, 0.15) is 49.5 Å². The van der Waals surface area contributed by atoms with E-state index in [1.807, 2.05) is 0 Å². The zero-order valence-corrected chi connectivity index (χ0v) is 25.7. The second-order valence-electron chi connectivity index (χ2n) is 11.7. The first kappa shape index (κ1) is 32.9. The third-order valence-electron chi connectivity index (χ3n) is 8.10. The van der Waals surface area contributed by atoms with Crippen LogP contribution < -0.4 is 5.32 Å². The van der Waals surface area contributed by atoms with Crippen molar-refractivity contribution < 1.29 is 46.2 Å². The van der Waals surface area contributed by atoms with Gasteiger partial charge in [-0.1, -0.05) is 6.07 Å². The molecule has 2 fully saturated rings. The predicted octanol–water partition coefficient (Wildman–Crippen LogP) is 4.21. The molecule has 0 aliphatic carbocycles. The fraction of sp³-hybridized carbons (Fsp3) is 0.517. The van der Waals surface area contributed by atoms with E-state index in [9.17, 15) is 23.5 Å². The summed E-state index contributed by atoms with van der Waals surface area (Å²) in [5.74, 6) is -9.98. The Morgan fingerprint density at radius 1 is 1.24 bits per heavy atom. The molecule has 4 heterocycles. The van der Waals surface area contributed by atoms with E-state index in [-0.39, 0.29) is 49.8 Å². The van der Waals surface area contributed by atoms with Crippen LogP contribution in [-0.2, 0) is 19.2 Å². The lowest BCUT2D eigenvalue weighted by molar-refractivity contribution is -0.186. The third kappa shape index (κ3) is 6.33. The van der Waals surface area contributed by atoms with Crippen LogP contribution in [0.25, 0.3) is 0 Å². The van der Waals surface area contributed by atoms with Gasteiger partial charge in [-0.05, 0) is 40.2 Å². The smallest absolute Gasteiger partial charge is 0.338 e. The minimum Gasteiger partial charge on any atom is -0.481 e. The maximum atomic E-state index is 15.6. The van der Waals surface area contributed by atoms with Gasteiger partial charge in [-0.2, -0.15) is 5.06 Å². The van der Waals surface area contributed by atoms with Crippen molar-refractivity contribution in [1.29, 1.82) is 0 Å². The first-order chi connectivity index (χ1) is 21.1. The second kappa shape index (κ2) is 12.4. The monoisotopic (exact) mass is 657 g/mol. The molecule has 10 nitrogen and oxygen atoms in total. The summed E-state index contributed by atoms with van der Waals surface area (Å²) in [6, 6.07) is -2.12. The number of hydrogen-bond donors (Lipinski definition) is 2. The predicted molar refractivity (Wildman–Crippen MR) is 152 cm³/mol. The number of carbonyl (C=O) groups excluding carboxylic acids is 1. The Balaban J connectivity index is 1.53. The van der Waals surface area contributed by atoms with Gasteiger partial charge in [0.1, 0.15) is 12.1 Å². The molecule has 5 rings (SSSR count). The van der Waals surface area contributed by atoms with E-state index in [2.05, 4.69) is 15.3 Å². The van der Waals surface area contributed by atoms with Crippen LogP contribution in [0.2, 0.25) is 0 Å². The first-order valence-corrected chi connectivity index (χ1v) is 15.1. The number of hydrogen-bond acceptors (Lipinski definition) is 10. The van der Waals surface area contributed by atoms with E-state index in [1.165, 1.54) is 37.0 Å². The third-order valence-corrected chi connectivity index (χ3v) is 9.07. The number of carboxylic acids is 1. The van der Waals surface area contributed by atoms with Crippen molar-refractivity contribution in [3.8, 4) is 0 Å². The van der Waals surface area contributed by atoms with Gasteiger partial charge in [-0.25, -0.2) is 31.7 Å². The number of fused-ring (bicyclic) bond motifs is 1. The summed E-state index contributed by atoms with van der Waals surface area (Å²) < 4.78 is 79.9. The number of thiazole rings is 1. The molecule has 0 unspecified atom stereocenters. The Hall–Kier alpha value is -3.47. The van der Waals surface area contributed by atoms with Crippen molar-refractivity contribution in [2.24, 2.45) is 10.4 Å². The fourth-order valence-electron chi connectivity index (χ4n) is 5.61. The number of carboxylic acid groups (broad SMARTS) is 1. The number of ether oxygens (including phenoxy) is 1. The summed E-state index contributed by atoms with van der Waals surface area (Å²) in [6.45, 7) is 4.94. The Morgan fingerprint density at radius 2 is 1.98 bits per heavy atom. The SMILES string of the molecule is CCOC(=O)C1=C(CN2CC(F)(F)[C@@H]3[C@H]2CON3CCC(C)(C)C(=O)O)NC(c2nc(C)cs2)=N[C@H]1c1ccc(F)c(F)c1F. The number of rotatable bonds is 10. The minimum atomic E-state index is -3.29. The molecule has 0 amide bonds. The number of halogens is 5. The largest absolute Gasteiger partial charge is 0.481 e. The summed E-state index contributed by atoms with van der Waals surface area (Å²) in [7, 11) is 0. The van der Waals surface area contributed by atoms with Crippen LogP contribution >= 0.6 is 11.3 Å². The summed E-state index contributed by atoms with van der Waals surface area (Å²) in [6.07, 6.45) is 0.0515. The highest BCUT2D eigenvalue weighted by atomic mass is 32.1. The fourth-order valence-corrected chi connectivity index (χ4v) is 6.36. The summed E-state index contributed by atoms with van der Waals surface area (Å²) in [4.78, 5) is 40.8. The van der Waals surface area contributed by atoms with Gasteiger partial charge in [0.25, 0.3) is 5.92 Å². The van der Waals surface area contributed by atoms with Crippen molar-refractivity contribution in [2.45, 2.75) is 58.2 Å². The Morgan fingerprint density at radius 3 is 2.62 bits per heavy atom. The Labute approximate surface area is 259 Å². The van der Waals surface area contributed by atoms with Gasteiger partial charge in [0.05, 0.1) is 36.8 Å². The number of nitrogens with one attached hydrogen (secondary N) is 1. The molecule has 0 spiro atoms. The molecular formula is C29H32F5N5O5S. The van der Waals surface area contributed by atoms with E-state index in [0.717, 1.165) is 11.1 Å². The number of benzene rings is 1. The highest BCUT2D eigenvalue weighted by molar-refractivity contribution is 7.11. The number of carbonyl (C=O) groups is 2. The number of esters is 1. The highest BCUT2D eigenvalue weighted by Crippen LogP contribution is 2.42. The van der Waals surface area contributed by atoms with Crippen molar-refractivity contribution in [3.63, 3.8) is 0 Å². The maximum Gasteiger partial charge on any atom is 0.338 e. The zero-order chi connectivity index (χ0) is 32.8. The number of hydroxylamine groups is 2. The highest BCUT2D eigenvalue weighted by Gasteiger charge is 2.61. The van der Waals surface area contributed by atoms with Crippen LogP contribution in [-0.4, -0.2) is 88.7 Å². The number of aliphatic imine (C=N–C) groups is 1. The van der Waals surface area contributed by atoms with E-state index in [4.69, 9.17) is 9.57 Å². The standard InChI is InChI=1S/C29H32F5N5O5S/c1-5-43-26(40)19-17(10-38-13-29(33,34)23-18(38)11-44-39(23)9-8-28(3,4)27(41)42)36-24(25-35-14(2)12-45-25)37-22(19)15-6-7-16(30)21(32)20(15)31/h6-7,12,18,22-23H,5,8-11,13H2,1-4H3,(H,36,37)(H,41,42)/t18-,22+,23+/m1/s1. The minimum absolute atomic E-state index is 0.0438. The number of alkyl halides is 2. The number of amidine groups is 1. The number of likely N-dealkylation sites (tertiary alicyclic amines) is 1. The Bertz CT molecular complexity index is 1560. The van der Waals surface area contributed by atoms with Gasteiger partial charge in [0.15, 0.2) is 28.3 Å². The van der Waals surface area contributed by atoms with Gasteiger partial charge in [-0.15, -0.1) is 11.3 Å². The summed E-state index contributed by atoms with van der Waals surface area (Å²) >= 11 is 1.18.